The fourth-order valence-electron chi connectivity index (χ4n) is 1.35. The lowest BCUT2D eigenvalue weighted by atomic mass is 9.97. The zero-order valence-electron chi connectivity index (χ0n) is 11.5. The van der Waals surface area contributed by atoms with Crippen LogP contribution in [-0.4, -0.2) is 31.1 Å². The van der Waals surface area contributed by atoms with Gasteiger partial charge < -0.3 is 9.47 Å². The van der Waals surface area contributed by atoms with Gasteiger partial charge in [-0.25, -0.2) is 0 Å². The van der Waals surface area contributed by atoms with Crippen molar-refractivity contribution in [3.05, 3.63) is 28.5 Å². The van der Waals surface area contributed by atoms with Crippen molar-refractivity contribution in [2.24, 2.45) is 0 Å². The van der Waals surface area contributed by atoms with E-state index in [1.54, 1.807) is 12.3 Å². The van der Waals surface area contributed by atoms with Gasteiger partial charge in [-0.1, -0.05) is 13.8 Å². The second-order valence-corrected chi connectivity index (χ2v) is 4.21. The van der Waals surface area contributed by atoms with Crippen molar-refractivity contribution in [3.63, 3.8) is 0 Å². The Labute approximate surface area is 121 Å². The Morgan fingerprint density at radius 3 is 2.37 bits per heavy atom. The zero-order valence-corrected chi connectivity index (χ0v) is 13.1. The molecular formula is C13H18BrNO4. The molecule has 1 unspecified atom stereocenters. The van der Waals surface area contributed by atoms with Gasteiger partial charge in [0, 0.05) is 16.9 Å². The molecule has 6 heteroatoms. The third kappa shape index (κ3) is 5.83. The fourth-order valence-corrected chi connectivity index (χ4v) is 1.73. The predicted octanol–water partition coefficient (Wildman–Crippen LogP) is 2.69. The van der Waals surface area contributed by atoms with Crippen LogP contribution >= 0.6 is 15.9 Å². The Morgan fingerprint density at radius 1 is 1.26 bits per heavy atom. The van der Waals surface area contributed by atoms with E-state index < -0.39 is 17.9 Å². The molecule has 1 aromatic rings. The predicted molar refractivity (Wildman–Crippen MR) is 74.7 cm³/mol. The summed E-state index contributed by atoms with van der Waals surface area (Å²) >= 11 is 3.25. The summed E-state index contributed by atoms with van der Waals surface area (Å²) in [6.07, 6.45) is 3.05. The number of methoxy groups -OCH3 is 2. The van der Waals surface area contributed by atoms with Crippen LogP contribution in [0.2, 0.25) is 0 Å². The summed E-state index contributed by atoms with van der Waals surface area (Å²) in [6, 6.07) is 1.72. The van der Waals surface area contributed by atoms with Crippen LogP contribution in [-0.2, 0) is 19.1 Å². The van der Waals surface area contributed by atoms with Gasteiger partial charge in [0.05, 0.1) is 26.6 Å². The molecule has 1 heterocycles. The van der Waals surface area contributed by atoms with Crippen molar-refractivity contribution in [1.82, 2.24) is 4.98 Å². The lowest BCUT2D eigenvalue weighted by Crippen LogP contribution is -2.19. The molecule has 0 N–H and O–H groups in total. The minimum Gasteiger partial charge on any atom is -0.469 e. The van der Waals surface area contributed by atoms with Gasteiger partial charge >= 0.3 is 11.9 Å². The highest BCUT2D eigenvalue weighted by atomic mass is 79.9. The van der Waals surface area contributed by atoms with Crippen molar-refractivity contribution in [1.29, 1.82) is 0 Å². The van der Waals surface area contributed by atoms with E-state index in [0.717, 1.165) is 4.47 Å². The van der Waals surface area contributed by atoms with E-state index in [2.05, 4.69) is 30.4 Å². The van der Waals surface area contributed by atoms with Crippen LogP contribution in [0.4, 0.5) is 0 Å². The molecule has 19 heavy (non-hydrogen) atoms. The summed E-state index contributed by atoms with van der Waals surface area (Å²) < 4.78 is 9.94. The number of nitrogens with zero attached hydrogens (tertiary/aromatic N) is 1. The first-order valence-corrected chi connectivity index (χ1v) is 6.63. The molecule has 0 fully saturated rings. The molecule has 0 aliphatic heterocycles. The van der Waals surface area contributed by atoms with Gasteiger partial charge in [0.2, 0.25) is 0 Å². The number of carbonyl (C=O) groups is 2. The van der Waals surface area contributed by atoms with E-state index in [0.29, 0.717) is 5.56 Å². The normalized spacial score (nSPS) is 10.8. The van der Waals surface area contributed by atoms with Crippen LogP contribution in [0.25, 0.3) is 0 Å². The molecule has 0 spiro atoms. The number of aromatic nitrogens is 1. The van der Waals surface area contributed by atoms with E-state index >= 15 is 0 Å². The third-order valence-corrected chi connectivity index (χ3v) is 2.65. The number of ether oxygens (including phenoxy) is 2. The zero-order chi connectivity index (χ0) is 14.8. The van der Waals surface area contributed by atoms with E-state index in [-0.39, 0.29) is 6.42 Å². The maximum atomic E-state index is 11.6. The van der Waals surface area contributed by atoms with Gasteiger partial charge in [-0.15, -0.1) is 0 Å². The SMILES string of the molecule is CC.COC(=O)CC(C(=O)OC)c1cncc(Br)c1. The third-order valence-electron chi connectivity index (χ3n) is 2.21. The fraction of sp³-hybridized carbons (Fsp3) is 0.462. The summed E-state index contributed by atoms with van der Waals surface area (Å²) in [5.41, 5.74) is 0.608. The molecule has 0 aliphatic carbocycles. The van der Waals surface area contributed by atoms with E-state index in [9.17, 15) is 9.59 Å². The molecule has 106 valence electrons. The number of esters is 2. The Morgan fingerprint density at radius 2 is 1.89 bits per heavy atom. The second kappa shape index (κ2) is 9.49. The number of pyridine rings is 1. The van der Waals surface area contributed by atoms with Gasteiger partial charge in [0.15, 0.2) is 0 Å². The average molecular weight is 332 g/mol. The quantitative estimate of drug-likeness (QED) is 0.793. The standard InChI is InChI=1S/C11H12BrNO4.C2H6/c1-16-10(14)4-9(11(15)17-2)7-3-8(12)6-13-5-7;1-2/h3,5-6,9H,4H2,1-2H3;1-2H3. The van der Waals surface area contributed by atoms with Crippen LogP contribution < -0.4 is 0 Å². The average Bonchev–Trinajstić information content (AvgIpc) is 2.45. The monoisotopic (exact) mass is 331 g/mol. The highest BCUT2D eigenvalue weighted by Gasteiger charge is 2.25. The minimum absolute atomic E-state index is 0.0681. The highest BCUT2D eigenvalue weighted by molar-refractivity contribution is 9.10. The van der Waals surface area contributed by atoms with Gasteiger partial charge in [0.25, 0.3) is 0 Å². The molecule has 1 rings (SSSR count). The van der Waals surface area contributed by atoms with Crippen LogP contribution in [0.15, 0.2) is 22.9 Å². The van der Waals surface area contributed by atoms with Crippen molar-refractivity contribution < 1.29 is 19.1 Å². The van der Waals surface area contributed by atoms with E-state index in [1.165, 1.54) is 20.4 Å². The lowest BCUT2D eigenvalue weighted by molar-refractivity contribution is -0.149. The summed E-state index contributed by atoms with van der Waals surface area (Å²) in [4.78, 5) is 26.8. The Bertz CT molecular complexity index is 423. The molecule has 0 aromatic carbocycles. The van der Waals surface area contributed by atoms with Crippen molar-refractivity contribution in [2.75, 3.05) is 14.2 Å². The summed E-state index contributed by atoms with van der Waals surface area (Å²) in [6.45, 7) is 4.00. The highest BCUT2D eigenvalue weighted by Crippen LogP contribution is 2.23. The molecule has 1 aromatic heterocycles. The number of hydrogen-bond donors (Lipinski definition) is 0. The Balaban J connectivity index is 0.00000154. The Hall–Kier alpha value is -1.43. The number of halogens is 1. The number of rotatable bonds is 4. The van der Waals surface area contributed by atoms with Crippen LogP contribution in [0.1, 0.15) is 31.7 Å². The molecule has 1 atom stereocenters. The smallest absolute Gasteiger partial charge is 0.313 e. The molecule has 0 amide bonds. The molecule has 0 aliphatic rings. The Kier molecular flexibility index (Phi) is 8.78. The van der Waals surface area contributed by atoms with Gasteiger partial charge in [-0.3, -0.25) is 14.6 Å². The maximum Gasteiger partial charge on any atom is 0.313 e. The molecule has 0 bridgehead atoms. The molecule has 5 nitrogen and oxygen atoms in total. The topological polar surface area (TPSA) is 65.5 Å². The molecule has 0 saturated heterocycles. The number of hydrogen-bond acceptors (Lipinski definition) is 5. The van der Waals surface area contributed by atoms with Gasteiger partial charge in [-0.2, -0.15) is 0 Å². The van der Waals surface area contributed by atoms with E-state index in [4.69, 9.17) is 0 Å². The van der Waals surface area contributed by atoms with E-state index in [1.807, 2.05) is 13.8 Å². The van der Waals surface area contributed by atoms with Crippen molar-refractivity contribution in [3.8, 4) is 0 Å². The lowest BCUT2D eigenvalue weighted by Gasteiger charge is -2.13. The van der Waals surface area contributed by atoms with Gasteiger partial charge in [0.1, 0.15) is 0 Å². The molecule has 0 radical (unpaired) electrons. The summed E-state index contributed by atoms with van der Waals surface area (Å²) in [7, 11) is 2.55. The summed E-state index contributed by atoms with van der Waals surface area (Å²) in [5.74, 6) is -1.66. The van der Waals surface area contributed by atoms with Crippen molar-refractivity contribution >= 4 is 27.9 Å². The maximum absolute atomic E-state index is 11.6. The van der Waals surface area contributed by atoms with Crippen LogP contribution in [0.3, 0.4) is 0 Å². The number of carbonyl (C=O) groups excluding carboxylic acids is 2. The molecular weight excluding hydrogens is 314 g/mol. The molecule has 0 saturated carbocycles. The first-order chi connectivity index (χ1) is 9.08. The first kappa shape index (κ1) is 17.6. The van der Waals surface area contributed by atoms with Gasteiger partial charge in [-0.05, 0) is 27.6 Å². The van der Waals surface area contributed by atoms with Crippen LogP contribution in [0, 0.1) is 0 Å². The largest absolute Gasteiger partial charge is 0.469 e. The first-order valence-electron chi connectivity index (χ1n) is 5.83. The van der Waals surface area contributed by atoms with Crippen molar-refractivity contribution in [2.45, 2.75) is 26.2 Å². The minimum atomic E-state index is -0.697. The summed E-state index contributed by atoms with van der Waals surface area (Å²) in [5, 5.41) is 0. The van der Waals surface area contributed by atoms with Crippen LogP contribution in [0.5, 0.6) is 0 Å². The second-order valence-electron chi connectivity index (χ2n) is 3.29.